The van der Waals surface area contributed by atoms with Crippen LogP contribution in [0.15, 0.2) is 85.2 Å². The van der Waals surface area contributed by atoms with Crippen LogP contribution in [-0.4, -0.2) is 22.0 Å². The Kier molecular flexibility index (Phi) is 8.92. The van der Waals surface area contributed by atoms with Gasteiger partial charge in [0.05, 0.1) is 36.3 Å². The second kappa shape index (κ2) is 12.5. The van der Waals surface area contributed by atoms with Gasteiger partial charge >= 0.3 is 0 Å². The Hall–Kier alpha value is -4.70. The molecule has 3 aromatic carbocycles. The second-order valence-corrected chi connectivity index (χ2v) is 8.06. The molecule has 0 aliphatic carbocycles. The zero-order valence-corrected chi connectivity index (χ0v) is 19.6. The van der Waals surface area contributed by atoms with E-state index in [0.717, 1.165) is 23.9 Å². The summed E-state index contributed by atoms with van der Waals surface area (Å²) in [7, 11) is 0. The quantitative estimate of drug-likeness (QED) is 0.281. The number of nitrogens with two attached hydrogens (primary N) is 1. The molecule has 0 atom stereocenters. The van der Waals surface area contributed by atoms with Crippen LogP contribution in [0.25, 0.3) is 0 Å². The molecule has 4 aromatic rings. The number of aryl methyl sites for hydroxylation is 1. The first-order chi connectivity index (χ1) is 17.0. The molecule has 4 N–H and O–H groups in total. The summed E-state index contributed by atoms with van der Waals surface area (Å²) >= 11 is 0. The molecule has 4 rings (SSSR count). The highest BCUT2D eigenvalue weighted by Gasteiger charge is 2.09. The maximum Gasteiger partial charge on any atom is 0.254 e. The van der Waals surface area contributed by atoms with Gasteiger partial charge in [-0.05, 0) is 47.7 Å². The molecule has 35 heavy (non-hydrogen) atoms. The Labute approximate surface area is 205 Å². The molecule has 0 bridgehead atoms. The lowest BCUT2D eigenvalue weighted by atomic mass is 10.0. The number of amides is 1. The minimum Gasteiger partial charge on any atom is -0.390 e. The number of carbonyl (C=O) groups is 1. The monoisotopic (exact) mass is 464 g/mol. The average Bonchev–Trinajstić information content (AvgIpc) is 3.34. The summed E-state index contributed by atoms with van der Waals surface area (Å²) in [5.74, 6) is -0.130. The van der Waals surface area contributed by atoms with E-state index in [2.05, 4.69) is 46.5 Å². The van der Waals surface area contributed by atoms with Gasteiger partial charge in [0.25, 0.3) is 5.91 Å². The molecule has 0 unspecified atom stereocenters. The first-order valence-corrected chi connectivity index (χ1v) is 11.1. The Bertz CT molecular complexity index is 1280. The van der Waals surface area contributed by atoms with E-state index in [0.29, 0.717) is 24.2 Å². The minimum absolute atomic E-state index is 0.130. The number of hydrogen-bond acceptors (Lipinski definition) is 4. The molecule has 0 saturated heterocycles. The van der Waals surface area contributed by atoms with Gasteiger partial charge in [0, 0.05) is 12.7 Å². The summed E-state index contributed by atoms with van der Waals surface area (Å²) in [6.45, 7) is 3.13. The summed E-state index contributed by atoms with van der Waals surface area (Å²) in [6.07, 6.45) is 4.94. The zero-order chi connectivity index (χ0) is 25.0. The van der Waals surface area contributed by atoms with E-state index in [-0.39, 0.29) is 5.91 Å². The maximum absolute atomic E-state index is 12.4. The summed E-state index contributed by atoms with van der Waals surface area (Å²) < 4.78 is 1.77. The molecule has 0 saturated carbocycles. The van der Waals surface area contributed by atoms with Crippen molar-refractivity contribution in [2.24, 2.45) is 5.73 Å². The van der Waals surface area contributed by atoms with Crippen molar-refractivity contribution in [3.8, 4) is 6.07 Å². The molecule has 0 aliphatic rings. The molecule has 7 nitrogen and oxygen atoms in total. The summed E-state index contributed by atoms with van der Waals surface area (Å²) in [5.41, 5.74) is 11.4. The predicted octanol–water partition coefficient (Wildman–Crippen LogP) is 4.18. The topological polar surface area (TPSA) is 121 Å². The van der Waals surface area contributed by atoms with Crippen LogP contribution in [0.4, 0.5) is 0 Å². The van der Waals surface area contributed by atoms with Crippen molar-refractivity contribution in [3.63, 3.8) is 0 Å². The maximum atomic E-state index is 12.4. The Balaban J connectivity index is 0.00000108. The van der Waals surface area contributed by atoms with E-state index in [1.807, 2.05) is 55.5 Å². The minimum atomic E-state index is -0.130. The van der Waals surface area contributed by atoms with E-state index >= 15 is 0 Å². The van der Waals surface area contributed by atoms with Crippen molar-refractivity contribution < 1.29 is 4.79 Å². The standard InChI is InChI=1S/C27H24N4O.CH4N2/c1-20-2-4-24(5-3-20)16-29-27(32)26-17-30-31(19-26)18-25-12-8-22(9-13-25)14-21-6-10-23(15-28)11-7-21;2-1-3/h2-13,17,19H,14,16,18H2,1H3,(H,29,32);1H,(H3,2,3). The highest BCUT2D eigenvalue weighted by molar-refractivity contribution is 5.93. The molecule has 1 amide bonds. The van der Waals surface area contributed by atoms with E-state index < -0.39 is 0 Å². The molecular formula is C28H28N6O. The zero-order valence-electron chi connectivity index (χ0n) is 19.6. The van der Waals surface area contributed by atoms with Gasteiger partial charge < -0.3 is 11.1 Å². The third kappa shape index (κ3) is 7.69. The molecule has 176 valence electrons. The van der Waals surface area contributed by atoms with E-state index in [1.54, 1.807) is 17.1 Å². The molecule has 7 heteroatoms. The van der Waals surface area contributed by atoms with Crippen LogP contribution >= 0.6 is 0 Å². The fourth-order valence-electron chi connectivity index (χ4n) is 3.44. The van der Waals surface area contributed by atoms with Gasteiger partial charge in [-0.2, -0.15) is 10.4 Å². The van der Waals surface area contributed by atoms with Crippen LogP contribution in [0.2, 0.25) is 0 Å². The largest absolute Gasteiger partial charge is 0.390 e. The fraction of sp³-hybridized carbons (Fsp3) is 0.143. The highest BCUT2D eigenvalue weighted by atomic mass is 16.1. The van der Waals surface area contributed by atoms with Gasteiger partial charge in [0.1, 0.15) is 0 Å². The lowest BCUT2D eigenvalue weighted by molar-refractivity contribution is 0.0951. The highest BCUT2D eigenvalue weighted by Crippen LogP contribution is 2.13. The SMILES string of the molecule is Cc1ccc(CNC(=O)c2cnn(Cc3ccc(Cc4ccc(C#N)cc4)cc3)c2)cc1.N=CN. The van der Waals surface area contributed by atoms with E-state index in [4.69, 9.17) is 10.7 Å². The number of rotatable bonds is 7. The fourth-order valence-corrected chi connectivity index (χ4v) is 3.44. The van der Waals surface area contributed by atoms with Crippen molar-refractivity contribution in [1.29, 1.82) is 10.7 Å². The summed E-state index contributed by atoms with van der Waals surface area (Å²) in [6, 6.07) is 26.3. The van der Waals surface area contributed by atoms with Crippen molar-refractivity contribution >= 4 is 12.2 Å². The predicted molar refractivity (Wildman–Crippen MR) is 137 cm³/mol. The molecule has 1 heterocycles. The van der Waals surface area contributed by atoms with Crippen LogP contribution < -0.4 is 11.1 Å². The van der Waals surface area contributed by atoms with Crippen molar-refractivity contribution in [1.82, 2.24) is 15.1 Å². The lowest BCUT2D eigenvalue weighted by Crippen LogP contribution is -2.22. The van der Waals surface area contributed by atoms with Crippen LogP contribution in [0.1, 0.15) is 43.7 Å². The van der Waals surface area contributed by atoms with Gasteiger partial charge in [-0.25, -0.2) is 0 Å². The first kappa shape index (κ1) is 24.9. The molecule has 0 aliphatic heterocycles. The van der Waals surface area contributed by atoms with Gasteiger partial charge in [0.2, 0.25) is 0 Å². The Morgan fingerprint density at radius 3 is 2.14 bits per heavy atom. The number of nitriles is 1. The van der Waals surface area contributed by atoms with Gasteiger partial charge in [0.15, 0.2) is 0 Å². The van der Waals surface area contributed by atoms with Crippen LogP contribution in [-0.2, 0) is 19.5 Å². The van der Waals surface area contributed by atoms with Crippen molar-refractivity contribution in [2.45, 2.75) is 26.4 Å². The van der Waals surface area contributed by atoms with Crippen molar-refractivity contribution in [3.05, 3.63) is 124 Å². The van der Waals surface area contributed by atoms with Gasteiger partial charge in [-0.3, -0.25) is 14.9 Å². The molecule has 0 spiro atoms. The molecule has 0 radical (unpaired) electrons. The van der Waals surface area contributed by atoms with Gasteiger partial charge in [-0.15, -0.1) is 0 Å². The van der Waals surface area contributed by atoms with E-state index in [9.17, 15) is 4.79 Å². The third-order valence-electron chi connectivity index (χ3n) is 5.33. The summed E-state index contributed by atoms with van der Waals surface area (Å²) in [5, 5.41) is 22.0. The van der Waals surface area contributed by atoms with Gasteiger partial charge in [-0.1, -0.05) is 66.2 Å². The van der Waals surface area contributed by atoms with Crippen LogP contribution in [0, 0.1) is 23.7 Å². The Morgan fingerprint density at radius 2 is 1.54 bits per heavy atom. The molecule has 0 fully saturated rings. The normalized spacial score (nSPS) is 9.94. The first-order valence-electron chi connectivity index (χ1n) is 11.1. The number of aromatic nitrogens is 2. The summed E-state index contributed by atoms with van der Waals surface area (Å²) in [4.78, 5) is 12.4. The smallest absolute Gasteiger partial charge is 0.254 e. The number of nitrogens with zero attached hydrogens (tertiary/aromatic N) is 3. The van der Waals surface area contributed by atoms with Crippen molar-refractivity contribution in [2.75, 3.05) is 0 Å². The number of carbonyl (C=O) groups excluding carboxylic acids is 1. The second-order valence-electron chi connectivity index (χ2n) is 8.06. The Morgan fingerprint density at radius 1 is 1.00 bits per heavy atom. The number of benzene rings is 3. The molecular weight excluding hydrogens is 436 g/mol. The van der Waals surface area contributed by atoms with Crippen LogP contribution in [0.3, 0.4) is 0 Å². The molecule has 1 aromatic heterocycles. The number of nitrogens with one attached hydrogen (secondary N) is 2. The number of hydrogen-bond donors (Lipinski definition) is 3. The average molecular weight is 465 g/mol. The van der Waals surface area contributed by atoms with E-state index in [1.165, 1.54) is 16.7 Å². The third-order valence-corrected chi connectivity index (χ3v) is 5.33. The lowest BCUT2D eigenvalue weighted by Gasteiger charge is -2.06. The van der Waals surface area contributed by atoms with Crippen LogP contribution in [0.5, 0.6) is 0 Å².